The highest BCUT2D eigenvalue weighted by molar-refractivity contribution is 5.80. The molecule has 0 radical (unpaired) electrons. The van der Waals surface area contributed by atoms with Crippen LogP contribution in [0.3, 0.4) is 0 Å². The van der Waals surface area contributed by atoms with E-state index in [1.807, 2.05) is 0 Å². The number of aromatic nitrogens is 1. The van der Waals surface area contributed by atoms with Crippen LogP contribution in [-0.4, -0.2) is 30.1 Å². The number of benzene rings is 1. The van der Waals surface area contributed by atoms with E-state index in [0.29, 0.717) is 6.54 Å². The summed E-state index contributed by atoms with van der Waals surface area (Å²) in [5, 5.41) is 7.30. The predicted molar refractivity (Wildman–Crippen MR) is 82.7 cm³/mol. The summed E-state index contributed by atoms with van der Waals surface area (Å²) in [5.74, 6) is 0.0795. The minimum atomic E-state index is 0.0795. The maximum Gasteiger partial charge on any atom is 0.233 e. The summed E-state index contributed by atoms with van der Waals surface area (Å²) in [6.45, 7) is 5.05. The van der Waals surface area contributed by atoms with Crippen LogP contribution in [0, 0.1) is 0 Å². The maximum atomic E-state index is 11.5. The van der Waals surface area contributed by atoms with Crippen molar-refractivity contribution in [3.63, 3.8) is 0 Å². The van der Waals surface area contributed by atoms with Gasteiger partial charge >= 0.3 is 0 Å². The summed E-state index contributed by atoms with van der Waals surface area (Å²) >= 11 is 0. The fraction of sp³-hybridized carbons (Fsp3) is 0.438. The molecule has 0 aliphatic carbocycles. The van der Waals surface area contributed by atoms with Crippen molar-refractivity contribution in [3.8, 4) is 0 Å². The predicted octanol–water partition coefficient (Wildman–Crippen LogP) is 2.15. The summed E-state index contributed by atoms with van der Waals surface area (Å²) in [7, 11) is 0. The van der Waals surface area contributed by atoms with Crippen molar-refractivity contribution in [1.29, 1.82) is 0 Å². The molecule has 0 saturated carbocycles. The van der Waals surface area contributed by atoms with Crippen LogP contribution in [0.1, 0.15) is 19.8 Å². The van der Waals surface area contributed by atoms with Crippen LogP contribution in [0.15, 0.2) is 36.5 Å². The molecule has 1 amide bonds. The second-order valence-corrected chi connectivity index (χ2v) is 4.95. The molecular weight excluding hydrogens is 250 g/mol. The first-order valence-corrected chi connectivity index (χ1v) is 7.32. The highest BCUT2D eigenvalue weighted by Gasteiger charge is 2.01. The van der Waals surface area contributed by atoms with E-state index < -0.39 is 0 Å². The van der Waals surface area contributed by atoms with Crippen LogP contribution >= 0.6 is 0 Å². The lowest BCUT2D eigenvalue weighted by molar-refractivity contribution is -0.120. The zero-order valence-corrected chi connectivity index (χ0v) is 12.1. The summed E-state index contributed by atoms with van der Waals surface area (Å²) in [5.41, 5.74) is 1.25. The lowest BCUT2D eigenvalue weighted by atomic mass is 10.2. The Balaban J connectivity index is 1.70. The van der Waals surface area contributed by atoms with Crippen molar-refractivity contribution in [2.24, 2.45) is 0 Å². The molecule has 2 rings (SSSR count). The monoisotopic (exact) mass is 273 g/mol. The number of carbonyl (C=O) groups is 1. The molecule has 4 heteroatoms. The van der Waals surface area contributed by atoms with E-state index in [1.165, 1.54) is 10.9 Å². The second-order valence-electron chi connectivity index (χ2n) is 4.95. The van der Waals surface area contributed by atoms with E-state index in [9.17, 15) is 4.79 Å². The Labute approximate surface area is 120 Å². The van der Waals surface area contributed by atoms with Crippen molar-refractivity contribution in [2.75, 3.05) is 19.6 Å². The molecule has 1 heterocycles. The zero-order valence-electron chi connectivity index (χ0n) is 12.1. The molecule has 1 aromatic heterocycles. The normalized spacial score (nSPS) is 10.8. The molecule has 1 aromatic carbocycles. The first-order chi connectivity index (χ1) is 9.81. The standard InChI is InChI=1S/C16H23N3O/c1-2-9-17-13-16(20)18-10-5-11-19-12-8-14-6-3-4-7-15(14)19/h3-4,6-8,12,17H,2,5,9-11,13H2,1H3,(H,18,20). The molecule has 2 N–H and O–H groups in total. The third-order valence-corrected chi connectivity index (χ3v) is 3.29. The number of hydrogen-bond acceptors (Lipinski definition) is 2. The van der Waals surface area contributed by atoms with E-state index in [4.69, 9.17) is 0 Å². The highest BCUT2D eigenvalue weighted by Crippen LogP contribution is 2.14. The van der Waals surface area contributed by atoms with Crippen LogP contribution < -0.4 is 10.6 Å². The molecule has 2 aromatic rings. The summed E-state index contributed by atoms with van der Waals surface area (Å²) < 4.78 is 2.23. The van der Waals surface area contributed by atoms with Gasteiger partial charge < -0.3 is 15.2 Å². The molecule has 0 bridgehead atoms. The van der Waals surface area contributed by atoms with E-state index in [2.05, 4.69) is 58.7 Å². The third-order valence-electron chi connectivity index (χ3n) is 3.29. The van der Waals surface area contributed by atoms with Crippen LogP contribution in [-0.2, 0) is 11.3 Å². The van der Waals surface area contributed by atoms with Crippen molar-refractivity contribution >= 4 is 16.8 Å². The Morgan fingerprint density at radius 3 is 2.90 bits per heavy atom. The number of carbonyl (C=O) groups excluding carboxylic acids is 1. The fourth-order valence-corrected chi connectivity index (χ4v) is 2.25. The minimum absolute atomic E-state index is 0.0795. The molecule has 0 unspecified atom stereocenters. The smallest absolute Gasteiger partial charge is 0.233 e. The molecule has 0 aliphatic rings. The van der Waals surface area contributed by atoms with Gasteiger partial charge in [0.05, 0.1) is 6.54 Å². The Morgan fingerprint density at radius 2 is 2.05 bits per heavy atom. The Hall–Kier alpha value is -1.81. The molecule has 4 nitrogen and oxygen atoms in total. The van der Waals surface area contributed by atoms with Crippen LogP contribution in [0.4, 0.5) is 0 Å². The summed E-state index contributed by atoms with van der Waals surface area (Å²) in [6, 6.07) is 10.5. The SMILES string of the molecule is CCCNCC(=O)NCCCn1ccc2ccccc21. The lowest BCUT2D eigenvalue weighted by Crippen LogP contribution is -2.34. The van der Waals surface area contributed by atoms with Gasteiger partial charge in [-0.05, 0) is 36.9 Å². The number of aryl methyl sites for hydroxylation is 1. The number of para-hydroxylation sites is 1. The molecule has 0 aliphatic heterocycles. The van der Waals surface area contributed by atoms with Crippen molar-refractivity contribution < 1.29 is 4.79 Å². The number of nitrogens with one attached hydrogen (secondary N) is 2. The summed E-state index contributed by atoms with van der Waals surface area (Å²) in [6.07, 6.45) is 4.10. The average Bonchev–Trinajstić information content (AvgIpc) is 2.87. The second kappa shape index (κ2) is 7.70. The minimum Gasteiger partial charge on any atom is -0.355 e. The van der Waals surface area contributed by atoms with Gasteiger partial charge in [-0.25, -0.2) is 0 Å². The maximum absolute atomic E-state index is 11.5. The van der Waals surface area contributed by atoms with E-state index in [-0.39, 0.29) is 5.91 Å². The van der Waals surface area contributed by atoms with Gasteiger partial charge in [-0.15, -0.1) is 0 Å². The van der Waals surface area contributed by atoms with Crippen molar-refractivity contribution in [2.45, 2.75) is 26.3 Å². The number of fused-ring (bicyclic) bond motifs is 1. The van der Waals surface area contributed by atoms with Gasteiger partial charge in [0.2, 0.25) is 5.91 Å². The Bertz CT molecular complexity index is 547. The van der Waals surface area contributed by atoms with Gasteiger partial charge in [0.15, 0.2) is 0 Å². The van der Waals surface area contributed by atoms with Crippen molar-refractivity contribution in [3.05, 3.63) is 36.5 Å². The first-order valence-electron chi connectivity index (χ1n) is 7.32. The quantitative estimate of drug-likeness (QED) is 0.724. The number of amides is 1. The van der Waals surface area contributed by atoms with Gasteiger partial charge in [-0.3, -0.25) is 4.79 Å². The number of nitrogens with zero attached hydrogens (tertiary/aromatic N) is 1. The van der Waals surface area contributed by atoms with Gasteiger partial charge in [0.1, 0.15) is 0 Å². The molecule has 108 valence electrons. The van der Waals surface area contributed by atoms with Crippen LogP contribution in [0.2, 0.25) is 0 Å². The van der Waals surface area contributed by atoms with Crippen LogP contribution in [0.25, 0.3) is 10.9 Å². The topological polar surface area (TPSA) is 46.1 Å². The molecule has 0 saturated heterocycles. The molecule has 0 spiro atoms. The first kappa shape index (κ1) is 14.6. The van der Waals surface area contributed by atoms with E-state index in [0.717, 1.165) is 32.5 Å². The number of hydrogen-bond donors (Lipinski definition) is 2. The van der Waals surface area contributed by atoms with Gasteiger partial charge in [0, 0.05) is 24.8 Å². The molecule has 0 fully saturated rings. The Morgan fingerprint density at radius 1 is 1.20 bits per heavy atom. The molecule has 20 heavy (non-hydrogen) atoms. The van der Waals surface area contributed by atoms with Gasteiger partial charge in [0.25, 0.3) is 0 Å². The average molecular weight is 273 g/mol. The largest absolute Gasteiger partial charge is 0.355 e. The third kappa shape index (κ3) is 4.10. The fourth-order valence-electron chi connectivity index (χ4n) is 2.25. The van der Waals surface area contributed by atoms with Gasteiger partial charge in [-0.2, -0.15) is 0 Å². The highest BCUT2D eigenvalue weighted by atomic mass is 16.1. The lowest BCUT2D eigenvalue weighted by Gasteiger charge is -2.08. The molecular formula is C16H23N3O. The van der Waals surface area contributed by atoms with E-state index in [1.54, 1.807) is 0 Å². The Kier molecular flexibility index (Phi) is 5.62. The van der Waals surface area contributed by atoms with Gasteiger partial charge in [-0.1, -0.05) is 25.1 Å². The van der Waals surface area contributed by atoms with E-state index >= 15 is 0 Å². The summed E-state index contributed by atoms with van der Waals surface area (Å²) in [4.78, 5) is 11.5. The van der Waals surface area contributed by atoms with Crippen LogP contribution in [0.5, 0.6) is 0 Å². The zero-order chi connectivity index (χ0) is 14.2. The molecule has 0 atom stereocenters. The number of rotatable bonds is 8. The van der Waals surface area contributed by atoms with Crippen molar-refractivity contribution in [1.82, 2.24) is 15.2 Å².